The number of nitrogens with zero attached hydrogens (tertiary/aromatic N) is 2. The molecule has 2 nitrogen and oxygen atoms in total. The average Bonchev–Trinajstić information content (AvgIpc) is 2.42. The van der Waals surface area contributed by atoms with Crippen LogP contribution in [0.3, 0.4) is 0 Å². The second-order valence-electron chi connectivity index (χ2n) is 4.98. The summed E-state index contributed by atoms with van der Waals surface area (Å²) in [7, 11) is 0. The van der Waals surface area contributed by atoms with Gasteiger partial charge in [0.2, 0.25) is 0 Å². The summed E-state index contributed by atoms with van der Waals surface area (Å²) in [5, 5.41) is 18.5. The smallest absolute Gasteiger partial charge is 0.102 e. The van der Waals surface area contributed by atoms with Crippen molar-refractivity contribution >= 4 is 31.9 Å². The van der Waals surface area contributed by atoms with Crippen molar-refractivity contribution in [3.05, 3.63) is 31.2 Å². The molecular weight excluding hydrogens is 356 g/mol. The van der Waals surface area contributed by atoms with Crippen LogP contribution in [0.15, 0.2) is 8.95 Å². The van der Waals surface area contributed by atoms with Crippen molar-refractivity contribution in [3.63, 3.8) is 0 Å². The Morgan fingerprint density at radius 2 is 1.11 bits per heavy atom. The summed E-state index contributed by atoms with van der Waals surface area (Å²) in [6, 6.07) is 4.33. The van der Waals surface area contributed by atoms with Gasteiger partial charge in [0.05, 0.1) is 11.1 Å². The lowest BCUT2D eigenvalue weighted by molar-refractivity contribution is 0.356. The minimum Gasteiger partial charge on any atom is -0.192 e. The molecule has 2 bridgehead atoms. The Balaban J connectivity index is 2.40. The van der Waals surface area contributed by atoms with E-state index >= 15 is 0 Å². The molecule has 90 valence electrons. The Morgan fingerprint density at radius 1 is 0.778 bits per heavy atom. The van der Waals surface area contributed by atoms with Gasteiger partial charge in [-0.1, -0.05) is 0 Å². The zero-order valence-corrected chi connectivity index (χ0v) is 12.8. The first kappa shape index (κ1) is 12.2. The maximum atomic E-state index is 9.27. The molecule has 0 saturated heterocycles. The molecule has 4 rings (SSSR count). The molecule has 0 radical (unpaired) electrons. The van der Waals surface area contributed by atoms with Gasteiger partial charge >= 0.3 is 0 Å². The highest BCUT2D eigenvalue weighted by Gasteiger charge is 2.38. The van der Waals surface area contributed by atoms with E-state index in [9.17, 15) is 10.5 Å². The molecule has 0 aliphatic heterocycles. The Hall–Kier alpha value is -0.840. The van der Waals surface area contributed by atoms with Crippen LogP contribution >= 0.6 is 31.9 Å². The lowest BCUT2D eigenvalue weighted by Gasteiger charge is -2.40. The van der Waals surface area contributed by atoms with Crippen molar-refractivity contribution in [1.29, 1.82) is 10.5 Å². The van der Waals surface area contributed by atoms with Crippen LogP contribution in [0.2, 0.25) is 0 Å². The maximum Gasteiger partial charge on any atom is 0.102 e. The highest BCUT2D eigenvalue weighted by Crippen LogP contribution is 2.55. The van der Waals surface area contributed by atoms with Crippen molar-refractivity contribution in [2.45, 2.75) is 37.5 Å². The number of rotatable bonds is 0. The Morgan fingerprint density at radius 3 is 1.39 bits per heavy atom. The van der Waals surface area contributed by atoms with Crippen LogP contribution in [-0.2, 0) is 0 Å². The predicted octanol–water partition coefficient (Wildman–Crippen LogP) is 4.71. The molecule has 0 amide bonds. The van der Waals surface area contributed by atoms with E-state index in [2.05, 4.69) is 44.0 Å². The van der Waals surface area contributed by atoms with Crippen LogP contribution < -0.4 is 0 Å². The largest absolute Gasteiger partial charge is 0.192 e. The molecule has 0 atom stereocenters. The van der Waals surface area contributed by atoms with E-state index in [4.69, 9.17) is 0 Å². The van der Waals surface area contributed by atoms with Gasteiger partial charge in [-0.15, -0.1) is 0 Å². The summed E-state index contributed by atoms with van der Waals surface area (Å²) in [5.41, 5.74) is 3.52. The summed E-state index contributed by atoms with van der Waals surface area (Å²) in [5.74, 6) is 1.10. The summed E-state index contributed by atoms with van der Waals surface area (Å²) in [6.45, 7) is 0. The van der Waals surface area contributed by atoms with E-state index in [1.807, 2.05) is 0 Å². The molecule has 3 aliphatic rings. The van der Waals surface area contributed by atoms with Crippen LogP contribution in [0, 0.1) is 22.7 Å². The van der Waals surface area contributed by atoms with Crippen molar-refractivity contribution in [1.82, 2.24) is 0 Å². The summed E-state index contributed by atoms with van der Waals surface area (Å²) in [6.07, 6.45) is 4.83. The Labute approximate surface area is 123 Å². The zero-order chi connectivity index (χ0) is 12.9. The second kappa shape index (κ2) is 4.37. The molecule has 0 aromatic heterocycles. The van der Waals surface area contributed by atoms with E-state index in [1.165, 1.54) is 36.8 Å². The number of hydrogen-bond donors (Lipinski definition) is 0. The van der Waals surface area contributed by atoms with Crippen molar-refractivity contribution in [3.8, 4) is 12.1 Å². The van der Waals surface area contributed by atoms with E-state index in [0.717, 1.165) is 8.95 Å². The van der Waals surface area contributed by atoms with Gasteiger partial charge in [0.1, 0.15) is 12.1 Å². The van der Waals surface area contributed by atoms with E-state index < -0.39 is 0 Å². The van der Waals surface area contributed by atoms with Gasteiger partial charge in [-0.25, -0.2) is 0 Å². The molecule has 1 aromatic carbocycles. The quantitative estimate of drug-likeness (QED) is 0.668. The molecule has 0 unspecified atom stereocenters. The fraction of sp³-hybridized carbons (Fsp3) is 0.429. The van der Waals surface area contributed by atoms with Crippen molar-refractivity contribution in [2.24, 2.45) is 0 Å². The van der Waals surface area contributed by atoms with Gasteiger partial charge in [-0.3, -0.25) is 0 Å². The van der Waals surface area contributed by atoms with Crippen LogP contribution in [0.5, 0.6) is 0 Å². The van der Waals surface area contributed by atoms with Gasteiger partial charge in [0.15, 0.2) is 0 Å². The van der Waals surface area contributed by atoms with Gasteiger partial charge in [0.25, 0.3) is 0 Å². The average molecular weight is 366 g/mol. The fourth-order valence-electron chi connectivity index (χ4n) is 3.40. The normalized spacial score (nSPS) is 24.2. The van der Waals surface area contributed by atoms with Crippen LogP contribution in [0.25, 0.3) is 0 Å². The van der Waals surface area contributed by atoms with Gasteiger partial charge in [-0.2, -0.15) is 10.5 Å². The third kappa shape index (κ3) is 1.49. The lowest BCUT2D eigenvalue weighted by atomic mass is 9.66. The lowest BCUT2D eigenvalue weighted by Crippen LogP contribution is -2.23. The first-order chi connectivity index (χ1) is 8.69. The maximum absolute atomic E-state index is 9.27. The molecule has 4 heteroatoms. The highest BCUT2D eigenvalue weighted by atomic mass is 79.9. The molecule has 3 aliphatic carbocycles. The highest BCUT2D eigenvalue weighted by molar-refractivity contribution is 9.11. The first-order valence-electron chi connectivity index (χ1n) is 6.04. The Kier molecular flexibility index (Phi) is 2.96. The molecule has 1 saturated carbocycles. The first-order valence-corrected chi connectivity index (χ1v) is 7.62. The summed E-state index contributed by atoms with van der Waals surface area (Å²) in [4.78, 5) is 0. The standard InChI is InChI=1S/C14H10Br2N2/c15-13-9(5-17)10(6-18)14(16)12-8-2-1-7(3-4-8)11(12)13/h7-8H,1-4H2. The molecule has 0 N–H and O–H groups in total. The number of benzene rings is 1. The predicted molar refractivity (Wildman–Crippen MR) is 75.2 cm³/mol. The molecule has 1 aromatic rings. The molecule has 0 spiro atoms. The van der Waals surface area contributed by atoms with Gasteiger partial charge in [-0.05, 0) is 80.5 Å². The van der Waals surface area contributed by atoms with Gasteiger partial charge < -0.3 is 0 Å². The van der Waals surface area contributed by atoms with Crippen LogP contribution in [-0.4, -0.2) is 0 Å². The monoisotopic (exact) mass is 364 g/mol. The SMILES string of the molecule is N#Cc1c(Br)c2c(c(Br)c1C#N)C1CCC2CC1. The number of halogens is 2. The molecular formula is C14H10Br2N2. The summed E-state index contributed by atoms with van der Waals surface area (Å²) < 4.78 is 1.71. The minimum absolute atomic E-state index is 0.482. The second-order valence-corrected chi connectivity index (χ2v) is 6.56. The van der Waals surface area contributed by atoms with E-state index in [-0.39, 0.29) is 0 Å². The van der Waals surface area contributed by atoms with E-state index in [0.29, 0.717) is 23.0 Å². The molecule has 0 heterocycles. The number of hydrogen-bond acceptors (Lipinski definition) is 2. The third-order valence-electron chi connectivity index (χ3n) is 4.22. The molecule has 1 fully saturated rings. The number of nitriles is 2. The third-order valence-corrected chi connectivity index (χ3v) is 5.87. The van der Waals surface area contributed by atoms with Crippen LogP contribution in [0.4, 0.5) is 0 Å². The van der Waals surface area contributed by atoms with Crippen molar-refractivity contribution < 1.29 is 0 Å². The minimum atomic E-state index is 0.482. The fourth-order valence-corrected chi connectivity index (χ4v) is 5.05. The van der Waals surface area contributed by atoms with Gasteiger partial charge in [0, 0.05) is 8.95 Å². The number of fused-ring (bicyclic) bond motifs is 2. The molecule has 18 heavy (non-hydrogen) atoms. The topological polar surface area (TPSA) is 47.6 Å². The van der Waals surface area contributed by atoms with Crippen LogP contribution in [0.1, 0.15) is 59.8 Å². The van der Waals surface area contributed by atoms with Crippen molar-refractivity contribution in [2.75, 3.05) is 0 Å². The van der Waals surface area contributed by atoms with E-state index in [1.54, 1.807) is 0 Å². The Bertz CT molecular complexity index is 559. The summed E-state index contributed by atoms with van der Waals surface area (Å²) >= 11 is 7.12. The zero-order valence-electron chi connectivity index (χ0n) is 9.63.